The lowest BCUT2D eigenvalue weighted by Crippen LogP contribution is -2.35. The Hall–Kier alpha value is -4.62. The molecular weight excluding hydrogens is 570 g/mol. The lowest BCUT2D eigenvalue weighted by molar-refractivity contribution is -0.141. The number of hydrogen-bond acceptors (Lipinski definition) is 7. The molecule has 14 heteroatoms. The number of hydrogen-bond donors (Lipinski definition) is 2. The Kier molecular flexibility index (Phi) is 7.44. The Morgan fingerprint density at radius 3 is 2.58 bits per heavy atom. The van der Waals surface area contributed by atoms with Crippen LogP contribution in [0.2, 0.25) is 0 Å². The zero-order chi connectivity index (χ0) is 30.3. The van der Waals surface area contributed by atoms with Crippen molar-refractivity contribution < 1.29 is 31.6 Å². The summed E-state index contributed by atoms with van der Waals surface area (Å²) in [5, 5.41) is 5.03. The number of carbonyl (C=O) groups excluding carboxylic acids is 2. The molecule has 0 bridgehead atoms. The molecule has 0 radical (unpaired) electrons. The first-order valence-electron chi connectivity index (χ1n) is 13.9. The van der Waals surface area contributed by atoms with Crippen molar-refractivity contribution in [1.29, 1.82) is 0 Å². The van der Waals surface area contributed by atoms with Crippen molar-refractivity contribution in [3.8, 4) is 0 Å². The maximum Gasteiger partial charge on any atom is 0.437 e. The lowest BCUT2D eigenvalue weighted by atomic mass is 10.0. The van der Waals surface area contributed by atoms with E-state index in [4.69, 9.17) is 4.42 Å². The smallest absolute Gasteiger partial charge is 0.417 e. The second kappa shape index (κ2) is 11.2. The van der Waals surface area contributed by atoms with E-state index in [0.29, 0.717) is 38.5 Å². The highest BCUT2D eigenvalue weighted by atomic mass is 19.4. The van der Waals surface area contributed by atoms with Gasteiger partial charge in [0.15, 0.2) is 5.69 Å². The van der Waals surface area contributed by atoms with Crippen LogP contribution in [0, 0.1) is 17.7 Å². The Bertz CT molecular complexity index is 1560. The monoisotopic (exact) mass is 599 g/mol. The number of oxazole rings is 1. The van der Waals surface area contributed by atoms with Crippen molar-refractivity contribution >= 4 is 35.1 Å². The number of nitrogens with zero attached hydrogens (tertiary/aromatic N) is 5. The highest BCUT2D eigenvalue weighted by molar-refractivity contribution is 6.03. The van der Waals surface area contributed by atoms with Crippen LogP contribution in [0.5, 0.6) is 0 Å². The van der Waals surface area contributed by atoms with Crippen LogP contribution in [0.3, 0.4) is 0 Å². The van der Waals surface area contributed by atoms with Gasteiger partial charge in [-0.2, -0.15) is 18.2 Å². The maximum atomic E-state index is 13.9. The SMILES string of the molecule is CC1CCCN(c2nc(C(F)(F)F)c(C(=O)Nc3ccc(N4C=C5CN(C(=O)Nc6ccccc6F)CC5C4)nc3)o2)C1. The first-order chi connectivity index (χ1) is 20.5. The molecule has 5 heterocycles. The van der Waals surface area contributed by atoms with E-state index >= 15 is 0 Å². The number of carbonyl (C=O) groups is 2. The highest BCUT2D eigenvalue weighted by Crippen LogP contribution is 2.36. The molecule has 3 aliphatic rings. The van der Waals surface area contributed by atoms with E-state index in [1.54, 1.807) is 28.0 Å². The van der Waals surface area contributed by atoms with Gasteiger partial charge in [0.1, 0.15) is 11.6 Å². The maximum absolute atomic E-state index is 13.9. The Balaban J connectivity index is 1.09. The summed E-state index contributed by atoms with van der Waals surface area (Å²) in [6.07, 6.45) is 0.135. The predicted octanol–water partition coefficient (Wildman–Crippen LogP) is 5.58. The predicted molar refractivity (Wildman–Crippen MR) is 150 cm³/mol. The summed E-state index contributed by atoms with van der Waals surface area (Å²) < 4.78 is 60.5. The number of alkyl halides is 3. The van der Waals surface area contributed by atoms with Gasteiger partial charge in [-0.25, -0.2) is 14.2 Å². The number of anilines is 4. The number of urea groups is 1. The van der Waals surface area contributed by atoms with Crippen molar-refractivity contribution in [2.24, 2.45) is 11.8 Å². The topological polar surface area (TPSA) is 107 Å². The van der Waals surface area contributed by atoms with Gasteiger partial charge in [0, 0.05) is 44.8 Å². The lowest BCUT2D eigenvalue weighted by Gasteiger charge is -2.29. The van der Waals surface area contributed by atoms with E-state index in [9.17, 15) is 27.2 Å². The zero-order valence-electron chi connectivity index (χ0n) is 23.2. The van der Waals surface area contributed by atoms with Gasteiger partial charge in [-0.1, -0.05) is 19.1 Å². The number of halogens is 4. The molecule has 43 heavy (non-hydrogen) atoms. The Morgan fingerprint density at radius 2 is 1.88 bits per heavy atom. The number of para-hydroxylation sites is 1. The molecule has 2 atom stereocenters. The van der Waals surface area contributed by atoms with E-state index in [1.807, 2.05) is 18.0 Å². The first-order valence-corrected chi connectivity index (χ1v) is 13.9. The molecule has 3 aliphatic heterocycles. The number of pyridine rings is 1. The Morgan fingerprint density at radius 1 is 1.07 bits per heavy atom. The fourth-order valence-electron chi connectivity index (χ4n) is 5.65. The van der Waals surface area contributed by atoms with Gasteiger partial charge in [0.05, 0.1) is 17.6 Å². The summed E-state index contributed by atoms with van der Waals surface area (Å²) in [6, 6.07) is 8.54. The van der Waals surface area contributed by atoms with Gasteiger partial charge in [0.25, 0.3) is 11.9 Å². The van der Waals surface area contributed by atoms with Gasteiger partial charge in [-0.3, -0.25) is 4.79 Å². The van der Waals surface area contributed by atoms with Crippen molar-refractivity contribution in [3.63, 3.8) is 0 Å². The average Bonchev–Trinajstić information content (AvgIpc) is 3.69. The third-order valence-electron chi connectivity index (χ3n) is 7.80. The molecule has 0 spiro atoms. The van der Waals surface area contributed by atoms with E-state index < -0.39 is 29.4 Å². The molecule has 2 unspecified atom stereocenters. The third kappa shape index (κ3) is 5.99. The molecule has 2 fully saturated rings. The highest BCUT2D eigenvalue weighted by Gasteiger charge is 2.42. The average molecular weight is 600 g/mol. The molecule has 2 N–H and O–H groups in total. The van der Waals surface area contributed by atoms with Crippen LogP contribution in [0.4, 0.5) is 45.6 Å². The van der Waals surface area contributed by atoms with Crippen LogP contribution < -0.4 is 20.4 Å². The zero-order valence-corrected chi connectivity index (χ0v) is 23.2. The number of fused-ring (bicyclic) bond motifs is 1. The summed E-state index contributed by atoms with van der Waals surface area (Å²) >= 11 is 0. The van der Waals surface area contributed by atoms with Crippen molar-refractivity contribution in [1.82, 2.24) is 14.9 Å². The number of likely N-dealkylation sites (tertiary alicyclic amines) is 1. The van der Waals surface area contributed by atoms with Crippen LogP contribution in [-0.2, 0) is 6.18 Å². The Labute approximate surface area is 244 Å². The summed E-state index contributed by atoms with van der Waals surface area (Å²) in [7, 11) is 0. The summed E-state index contributed by atoms with van der Waals surface area (Å²) in [4.78, 5) is 38.7. The minimum atomic E-state index is -4.87. The van der Waals surface area contributed by atoms with E-state index in [1.165, 1.54) is 24.4 Å². The van der Waals surface area contributed by atoms with Crippen LogP contribution in [0.1, 0.15) is 36.0 Å². The van der Waals surface area contributed by atoms with Crippen LogP contribution in [0.15, 0.2) is 58.8 Å². The number of piperidine rings is 1. The molecular formula is C29H29F4N7O3. The van der Waals surface area contributed by atoms with Crippen LogP contribution >= 0.6 is 0 Å². The number of aromatic nitrogens is 2. The molecule has 0 saturated carbocycles. The number of amides is 3. The van der Waals surface area contributed by atoms with Gasteiger partial charge in [0.2, 0.25) is 5.76 Å². The molecule has 3 aromatic rings. The van der Waals surface area contributed by atoms with Crippen molar-refractivity contribution in [2.75, 3.05) is 53.2 Å². The minimum Gasteiger partial charge on any atom is -0.417 e. The molecule has 10 nitrogen and oxygen atoms in total. The number of benzene rings is 1. The second-order valence-electron chi connectivity index (χ2n) is 11.1. The molecule has 226 valence electrons. The van der Waals surface area contributed by atoms with Gasteiger partial charge in [-0.15, -0.1) is 0 Å². The quantitative estimate of drug-likeness (QED) is 0.369. The second-order valence-corrected chi connectivity index (χ2v) is 11.1. The van der Waals surface area contributed by atoms with Crippen LogP contribution in [0.25, 0.3) is 0 Å². The standard InChI is InChI=1S/C29H29F4N7O3/c1-17-5-4-10-38(12-17)28-37-25(29(31,32)33)24(43-28)26(41)35-20-8-9-23(34-11-20)39-13-18-15-40(16-19(18)14-39)27(42)36-22-7-3-2-6-21(22)30/h2-3,6-9,11,13,17,19H,4-5,10,12,14-16H2,1H3,(H,35,41)(H,36,42). The molecule has 1 aromatic carbocycles. The molecule has 0 aliphatic carbocycles. The normalized spacial score (nSPS) is 20.2. The van der Waals surface area contributed by atoms with Gasteiger partial charge >= 0.3 is 12.2 Å². The minimum absolute atomic E-state index is 0.0666. The molecule has 3 amide bonds. The summed E-state index contributed by atoms with van der Waals surface area (Å²) in [5.41, 5.74) is -0.0394. The van der Waals surface area contributed by atoms with E-state index in [0.717, 1.165) is 18.4 Å². The van der Waals surface area contributed by atoms with E-state index in [-0.39, 0.29) is 35.3 Å². The number of rotatable bonds is 5. The van der Waals surface area contributed by atoms with Crippen molar-refractivity contribution in [2.45, 2.75) is 25.9 Å². The summed E-state index contributed by atoms with van der Waals surface area (Å²) in [5.74, 6) is -1.57. The molecule has 6 rings (SSSR count). The first kappa shape index (κ1) is 28.5. The van der Waals surface area contributed by atoms with Crippen molar-refractivity contribution in [3.05, 3.63) is 71.6 Å². The van der Waals surface area contributed by atoms with Gasteiger partial charge < -0.3 is 29.8 Å². The van der Waals surface area contributed by atoms with E-state index in [2.05, 4.69) is 20.6 Å². The fourth-order valence-corrected chi connectivity index (χ4v) is 5.65. The van der Waals surface area contributed by atoms with Gasteiger partial charge in [-0.05, 0) is 48.6 Å². The largest absolute Gasteiger partial charge is 0.437 e. The third-order valence-corrected chi connectivity index (χ3v) is 7.80. The number of nitrogens with one attached hydrogen (secondary N) is 2. The summed E-state index contributed by atoms with van der Waals surface area (Å²) in [6.45, 7) is 4.39. The molecule has 2 aromatic heterocycles. The fraction of sp³-hybridized carbons (Fsp3) is 0.379. The van der Waals surface area contributed by atoms with Crippen LogP contribution in [-0.4, -0.2) is 59.5 Å². The molecule has 2 saturated heterocycles.